The van der Waals surface area contributed by atoms with E-state index in [0.29, 0.717) is 26.0 Å². The quantitative estimate of drug-likeness (QED) is 0.0380. The molecule has 316 valence electrons. The largest absolute Gasteiger partial charge is 0.496 e. The Morgan fingerprint density at radius 3 is 1.68 bits per heavy atom. The van der Waals surface area contributed by atoms with Crippen LogP contribution in [0.25, 0.3) is 0 Å². The van der Waals surface area contributed by atoms with E-state index >= 15 is 0 Å². The number of para-hydroxylation sites is 1. The molecule has 2 amide bonds. The Labute approximate surface area is 345 Å². The Hall–Kier alpha value is -3.92. The number of hydrogen-bond acceptors (Lipinski definition) is 7. The number of amides is 2. The second kappa shape index (κ2) is 32.1. The third-order valence-electron chi connectivity index (χ3n) is 10.2. The van der Waals surface area contributed by atoms with Crippen LogP contribution in [0, 0.1) is 0 Å². The number of benzene rings is 3. The molecule has 3 aromatic rings. The van der Waals surface area contributed by atoms with Crippen LogP contribution in [0.1, 0.15) is 126 Å². The van der Waals surface area contributed by atoms with Crippen molar-refractivity contribution in [2.24, 2.45) is 0 Å². The predicted molar refractivity (Wildman–Crippen MR) is 236 cm³/mol. The molecule has 0 heterocycles. The van der Waals surface area contributed by atoms with E-state index in [1.54, 1.807) is 7.11 Å². The van der Waals surface area contributed by atoms with Gasteiger partial charge in [0.05, 0.1) is 7.11 Å². The number of unbranched alkanes of at least 4 members (excludes halogenated alkanes) is 11. The number of ether oxygens (including phenoxy) is 2. The maximum absolute atomic E-state index is 13.1. The fourth-order valence-electron chi connectivity index (χ4n) is 6.85. The molecule has 9 nitrogen and oxygen atoms in total. The molecule has 0 spiro atoms. The van der Waals surface area contributed by atoms with Crippen LogP contribution in [0.3, 0.4) is 0 Å². The second-order valence-corrected chi connectivity index (χ2v) is 15.2. The minimum atomic E-state index is -0.595. The summed E-state index contributed by atoms with van der Waals surface area (Å²) in [5.74, 6) is 1.53. The molecular weight excluding hydrogens is 711 g/mol. The highest BCUT2D eigenvalue weighted by atomic mass is 16.5. The van der Waals surface area contributed by atoms with Gasteiger partial charge in [0.25, 0.3) is 0 Å². The van der Waals surface area contributed by atoms with E-state index in [-0.39, 0.29) is 11.8 Å². The number of carbonyl (C=O) groups excluding carboxylic acids is 2. The third-order valence-corrected chi connectivity index (χ3v) is 10.2. The topological polar surface area (TPSA) is 113 Å². The Morgan fingerprint density at radius 2 is 1.11 bits per heavy atom. The van der Waals surface area contributed by atoms with Crippen LogP contribution in [0.5, 0.6) is 11.5 Å². The number of carbonyl (C=O) groups is 2. The van der Waals surface area contributed by atoms with Crippen molar-refractivity contribution in [1.29, 1.82) is 0 Å². The van der Waals surface area contributed by atoms with Crippen molar-refractivity contribution < 1.29 is 19.1 Å². The molecule has 1 atom stereocenters. The van der Waals surface area contributed by atoms with Crippen LogP contribution >= 0.6 is 0 Å². The summed E-state index contributed by atoms with van der Waals surface area (Å²) in [4.78, 5) is 25.5. The lowest BCUT2D eigenvalue weighted by atomic mass is 10.0. The minimum absolute atomic E-state index is 0.0875. The normalized spacial score (nSPS) is 11.6. The molecule has 57 heavy (non-hydrogen) atoms. The summed E-state index contributed by atoms with van der Waals surface area (Å²) in [7, 11) is 1.73. The van der Waals surface area contributed by atoms with Gasteiger partial charge in [-0.1, -0.05) is 119 Å². The maximum Gasteiger partial charge on any atom is 0.242 e. The first kappa shape index (κ1) is 47.5. The van der Waals surface area contributed by atoms with E-state index < -0.39 is 6.04 Å². The van der Waals surface area contributed by atoms with E-state index in [1.165, 1.54) is 69.8 Å². The molecule has 0 aliphatic heterocycles. The zero-order chi connectivity index (χ0) is 40.4. The molecule has 5 N–H and O–H groups in total. The summed E-state index contributed by atoms with van der Waals surface area (Å²) < 4.78 is 11.3. The standard InChI is InChI=1S/C48H75N5O4/c1-3-23-47(54)53-45(38-41-28-30-44(31-29-41)57-40-42-24-13-12-14-25-42)48(55)52-37-22-11-10-20-35-50-33-18-7-5-4-6-17-32-49-34-19-8-9-21-36-51-39-43-26-15-16-27-46(43)56-2/h12-16,24-31,45,49-51H,3-11,17-23,32-40H2,1-2H3,(H,52,55)(H,53,54)/t45-/m0/s1. The fourth-order valence-corrected chi connectivity index (χ4v) is 6.85. The molecular formula is C48H75N5O4. The number of rotatable bonds is 35. The van der Waals surface area contributed by atoms with E-state index in [9.17, 15) is 9.59 Å². The van der Waals surface area contributed by atoms with Crippen molar-refractivity contribution in [2.45, 2.75) is 135 Å². The van der Waals surface area contributed by atoms with E-state index in [0.717, 1.165) is 94.0 Å². The van der Waals surface area contributed by atoms with Crippen molar-refractivity contribution in [3.8, 4) is 11.5 Å². The van der Waals surface area contributed by atoms with Gasteiger partial charge in [-0.2, -0.15) is 0 Å². The van der Waals surface area contributed by atoms with Gasteiger partial charge < -0.3 is 36.1 Å². The first-order chi connectivity index (χ1) is 28.1. The summed E-state index contributed by atoms with van der Waals surface area (Å²) in [6, 6.07) is 25.5. The highest BCUT2D eigenvalue weighted by Gasteiger charge is 2.21. The van der Waals surface area contributed by atoms with E-state index in [2.05, 4.69) is 38.7 Å². The Kier molecular flexibility index (Phi) is 26.7. The second-order valence-electron chi connectivity index (χ2n) is 15.2. The molecule has 0 radical (unpaired) electrons. The Balaban J connectivity index is 1.08. The van der Waals surface area contributed by atoms with Crippen LogP contribution in [-0.4, -0.2) is 64.2 Å². The number of nitrogens with one attached hydrogen (secondary N) is 5. The van der Waals surface area contributed by atoms with Crippen molar-refractivity contribution in [2.75, 3.05) is 46.4 Å². The summed E-state index contributed by atoms with van der Waals surface area (Å²) in [6.07, 6.45) is 18.8. The van der Waals surface area contributed by atoms with Crippen molar-refractivity contribution in [3.63, 3.8) is 0 Å². The first-order valence-corrected chi connectivity index (χ1v) is 22.2. The monoisotopic (exact) mass is 786 g/mol. The number of methoxy groups -OCH3 is 1. The van der Waals surface area contributed by atoms with Crippen LogP contribution in [-0.2, 0) is 29.2 Å². The van der Waals surface area contributed by atoms with Gasteiger partial charge >= 0.3 is 0 Å². The molecule has 0 saturated carbocycles. The molecule has 0 aliphatic rings. The van der Waals surface area contributed by atoms with Gasteiger partial charge in [-0.15, -0.1) is 0 Å². The van der Waals surface area contributed by atoms with Crippen molar-refractivity contribution in [3.05, 3.63) is 95.6 Å². The highest BCUT2D eigenvalue weighted by molar-refractivity contribution is 5.87. The minimum Gasteiger partial charge on any atom is -0.496 e. The molecule has 0 aromatic heterocycles. The number of hydrogen-bond donors (Lipinski definition) is 5. The SMILES string of the molecule is CCCC(=O)N[C@@H](Cc1ccc(OCc2ccccc2)cc1)C(=O)NCCCCCCNCCCCCCCCNCCCCCCNCc1ccccc1OC. The fraction of sp³-hybridized carbons (Fsp3) is 0.583. The summed E-state index contributed by atoms with van der Waals surface area (Å²) in [5, 5.41) is 16.8. The van der Waals surface area contributed by atoms with E-state index in [4.69, 9.17) is 9.47 Å². The summed E-state index contributed by atoms with van der Waals surface area (Å²) in [5.41, 5.74) is 3.31. The van der Waals surface area contributed by atoms with Gasteiger partial charge in [-0.3, -0.25) is 9.59 Å². The molecule has 9 heteroatoms. The average Bonchev–Trinajstić information content (AvgIpc) is 3.23. The molecule has 0 saturated heterocycles. The molecule has 0 aliphatic carbocycles. The summed E-state index contributed by atoms with van der Waals surface area (Å²) in [6.45, 7) is 9.47. The summed E-state index contributed by atoms with van der Waals surface area (Å²) >= 11 is 0. The van der Waals surface area contributed by atoms with Gasteiger partial charge in [0.15, 0.2) is 0 Å². The van der Waals surface area contributed by atoms with Crippen LogP contribution in [0.15, 0.2) is 78.9 Å². The van der Waals surface area contributed by atoms with Gasteiger partial charge in [0.2, 0.25) is 11.8 Å². The molecule has 0 fully saturated rings. The van der Waals surface area contributed by atoms with Crippen molar-refractivity contribution in [1.82, 2.24) is 26.6 Å². The van der Waals surface area contributed by atoms with Crippen LogP contribution in [0.4, 0.5) is 0 Å². The van der Waals surface area contributed by atoms with Gasteiger partial charge in [-0.25, -0.2) is 0 Å². The van der Waals surface area contributed by atoms with Gasteiger partial charge in [0.1, 0.15) is 24.1 Å². The van der Waals surface area contributed by atoms with Gasteiger partial charge in [0, 0.05) is 31.5 Å². The molecule has 3 aromatic carbocycles. The maximum atomic E-state index is 13.1. The average molecular weight is 786 g/mol. The third kappa shape index (κ3) is 23.2. The van der Waals surface area contributed by atoms with Crippen molar-refractivity contribution >= 4 is 11.8 Å². The molecule has 3 rings (SSSR count). The first-order valence-electron chi connectivity index (χ1n) is 22.2. The lowest BCUT2D eigenvalue weighted by molar-refractivity contribution is -0.129. The Morgan fingerprint density at radius 1 is 0.579 bits per heavy atom. The van der Waals surface area contributed by atoms with Crippen LogP contribution < -0.4 is 36.1 Å². The predicted octanol–water partition coefficient (Wildman–Crippen LogP) is 8.65. The van der Waals surface area contributed by atoms with E-state index in [1.807, 2.05) is 73.7 Å². The molecule has 0 unspecified atom stereocenters. The zero-order valence-electron chi connectivity index (χ0n) is 35.4. The Bertz CT molecular complexity index is 1440. The smallest absolute Gasteiger partial charge is 0.242 e. The zero-order valence-corrected chi connectivity index (χ0v) is 35.4. The van der Waals surface area contributed by atoms with Gasteiger partial charge in [-0.05, 0) is 107 Å². The lowest BCUT2D eigenvalue weighted by Gasteiger charge is -2.19. The molecule has 0 bridgehead atoms. The lowest BCUT2D eigenvalue weighted by Crippen LogP contribution is -2.48. The highest BCUT2D eigenvalue weighted by Crippen LogP contribution is 2.17. The van der Waals surface area contributed by atoms with Crippen LogP contribution in [0.2, 0.25) is 0 Å².